The van der Waals surface area contributed by atoms with Crippen molar-refractivity contribution in [2.45, 2.75) is 101 Å². The van der Waals surface area contributed by atoms with Crippen LogP contribution in [0.3, 0.4) is 0 Å². The van der Waals surface area contributed by atoms with Gasteiger partial charge in [0.05, 0.1) is 26.4 Å². The van der Waals surface area contributed by atoms with Gasteiger partial charge in [0.1, 0.15) is 24.8 Å². The summed E-state index contributed by atoms with van der Waals surface area (Å²) in [7, 11) is 0. The lowest BCUT2D eigenvalue weighted by atomic mass is 9.77. The Morgan fingerprint density at radius 2 is 1.03 bits per heavy atom. The fraction of sp³-hybridized carbons (Fsp3) is 0.852. The average Bonchev–Trinajstić information content (AvgIpc) is 3.21. The molecule has 7 nitrogen and oxygen atoms in total. The van der Waals surface area contributed by atoms with Gasteiger partial charge in [-0.25, -0.2) is 0 Å². The Hall–Kier alpha value is -1.44. The molecule has 0 spiro atoms. The van der Waals surface area contributed by atoms with Crippen molar-refractivity contribution < 1.29 is 33.4 Å². The van der Waals surface area contributed by atoms with Crippen molar-refractivity contribution in [1.82, 2.24) is 0 Å². The fourth-order valence-corrected chi connectivity index (χ4v) is 3.49. The topological polar surface area (TPSA) is 96.0 Å². The van der Waals surface area contributed by atoms with Gasteiger partial charge < -0.3 is 23.8 Å². The van der Waals surface area contributed by atoms with Crippen LogP contribution >= 0.6 is 0 Å². The molecule has 0 amide bonds. The molecule has 202 valence electrons. The Morgan fingerprint density at radius 1 is 0.647 bits per heavy atom. The Kier molecular flexibility index (Phi) is 26.9. The Bertz CT molecular complexity index is 517. The molecule has 1 aliphatic carbocycles. The van der Waals surface area contributed by atoms with E-state index < -0.39 is 0 Å². The lowest BCUT2D eigenvalue weighted by molar-refractivity contribution is -0.127. The second-order valence-corrected chi connectivity index (χ2v) is 8.51. The van der Waals surface area contributed by atoms with E-state index in [1.807, 2.05) is 41.5 Å². The van der Waals surface area contributed by atoms with Crippen LogP contribution < -0.4 is 0 Å². The number of Topliss-reactive ketones (excluding diaryl/α,β-unsaturated/α-hetero) is 4. The van der Waals surface area contributed by atoms with E-state index in [9.17, 15) is 19.2 Å². The fourth-order valence-electron chi connectivity index (χ4n) is 3.49. The Morgan fingerprint density at radius 3 is 1.38 bits per heavy atom. The van der Waals surface area contributed by atoms with Crippen molar-refractivity contribution in [2.24, 2.45) is 11.3 Å². The monoisotopic (exact) mass is 488 g/mol. The van der Waals surface area contributed by atoms with Crippen LogP contribution in [-0.2, 0) is 33.4 Å². The van der Waals surface area contributed by atoms with Crippen LogP contribution in [-0.4, -0.2) is 62.8 Å². The minimum absolute atomic E-state index is 0.000492. The summed E-state index contributed by atoms with van der Waals surface area (Å²) in [5, 5.41) is 0. The number of ketones is 4. The Balaban J connectivity index is -0.000000503. The van der Waals surface area contributed by atoms with Crippen molar-refractivity contribution in [3.8, 4) is 0 Å². The van der Waals surface area contributed by atoms with Crippen LogP contribution in [0.5, 0.6) is 0 Å². The number of carbonyl (C=O) groups is 4. The zero-order valence-corrected chi connectivity index (χ0v) is 23.4. The summed E-state index contributed by atoms with van der Waals surface area (Å²) >= 11 is 0. The van der Waals surface area contributed by atoms with E-state index in [0.29, 0.717) is 39.3 Å². The van der Waals surface area contributed by atoms with Crippen LogP contribution in [0.2, 0.25) is 0 Å². The molecule has 0 bridgehead atoms. The molecule has 1 aliphatic rings. The van der Waals surface area contributed by atoms with Gasteiger partial charge in [-0.3, -0.25) is 9.59 Å². The predicted octanol–water partition coefficient (Wildman–Crippen LogP) is 5.41. The van der Waals surface area contributed by atoms with E-state index in [4.69, 9.17) is 14.2 Å². The van der Waals surface area contributed by atoms with Crippen LogP contribution in [0.15, 0.2) is 0 Å². The lowest BCUT2D eigenvalue weighted by Crippen LogP contribution is -2.22. The molecule has 0 saturated heterocycles. The van der Waals surface area contributed by atoms with Gasteiger partial charge in [-0.1, -0.05) is 54.4 Å². The number of hydrogen-bond acceptors (Lipinski definition) is 7. The lowest BCUT2D eigenvalue weighted by Gasteiger charge is -2.26. The second kappa shape index (κ2) is 24.7. The molecule has 1 fully saturated rings. The first-order valence-corrected chi connectivity index (χ1v) is 12.8. The van der Waals surface area contributed by atoms with E-state index in [1.165, 1.54) is 19.8 Å². The van der Waals surface area contributed by atoms with E-state index in [1.54, 1.807) is 13.8 Å². The molecule has 1 rings (SSSR count). The first-order chi connectivity index (χ1) is 16.1. The van der Waals surface area contributed by atoms with Crippen molar-refractivity contribution in [2.75, 3.05) is 39.6 Å². The van der Waals surface area contributed by atoms with E-state index in [-0.39, 0.29) is 47.7 Å². The quantitative estimate of drug-likeness (QED) is 0.284. The third-order valence-corrected chi connectivity index (χ3v) is 4.85. The molecule has 0 unspecified atom stereocenters. The highest BCUT2D eigenvalue weighted by Crippen LogP contribution is 2.44. The molecular formula is C27H52O7. The molecule has 0 aromatic carbocycles. The average molecular weight is 489 g/mol. The van der Waals surface area contributed by atoms with Gasteiger partial charge in [0.15, 0.2) is 11.6 Å². The molecule has 1 saturated carbocycles. The molecule has 0 radical (unpaired) electrons. The van der Waals surface area contributed by atoms with E-state index >= 15 is 0 Å². The van der Waals surface area contributed by atoms with Crippen molar-refractivity contribution in [1.29, 1.82) is 0 Å². The third-order valence-electron chi connectivity index (χ3n) is 4.85. The predicted molar refractivity (Wildman–Crippen MR) is 137 cm³/mol. The zero-order valence-electron chi connectivity index (χ0n) is 23.4. The molecule has 7 heteroatoms. The largest absolute Gasteiger partial charge is 0.377 e. The minimum Gasteiger partial charge on any atom is -0.377 e. The summed E-state index contributed by atoms with van der Waals surface area (Å²) in [6, 6.07) is 0. The van der Waals surface area contributed by atoms with Crippen LogP contribution in [0, 0.1) is 11.3 Å². The standard InChI is InChI=1S/C12H22O5.C11H18O2.2C2H6/c1-10(2)12(14)9-17-7-5-15-4-6-16-8-11(3)13;1-9(12)7-11(8-10(2)13)5-3-4-6-11;2*1-2/h10H,4-9H2,1-3H3;3-8H2,1-2H3;2*1-2H3. The van der Waals surface area contributed by atoms with Gasteiger partial charge >= 0.3 is 0 Å². The summed E-state index contributed by atoms with van der Waals surface area (Å²) < 4.78 is 15.3. The van der Waals surface area contributed by atoms with Crippen molar-refractivity contribution in [3.05, 3.63) is 0 Å². The first-order valence-electron chi connectivity index (χ1n) is 12.8. The molecule has 0 N–H and O–H groups in total. The Labute approximate surface area is 208 Å². The molecule has 0 heterocycles. The molecule has 0 aromatic heterocycles. The van der Waals surface area contributed by atoms with Crippen molar-refractivity contribution in [3.63, 3.8) is 0 Å². The van der Waals surface area contributed by atoms with Gasteiger partial charge in [0.25, 0.3) is 0 Å². The minimum atomic E-state index is 0.000492. The van der Waals surface area contributed by atoms with Gasteiger partial charge in [0.2, 0.25) is 0 Å². The van der Waals surface area contributed by atoms with Gasteiger partial charge in [-0.15, -0.1) is 0 Å². The number of ether oxygens (including phenoxy) is 3. The third kappa shape index (κ3) is 23.7. The maximum atomic E-state index is 11.2. The number of hydrogen-bond donors (Lipinski definition) is 0. The number of rotatable bonds is 15. The maximum absolute atomic E-state index is 11.2. The summed E-state index contributed by atoms with van der Waals surface area (Å²) in [5.74, 6) is 0.553. The summed E-state index contributed by atoms with van der Waals surface area (Å²) in [4.78, 5) is 43.8. The van der Waals surface area contributed by atoms with Crippen molar-refractivity contribution >= 4 is 23.1 Å². The van der Waals surface area contributed by atoms with E-state index in [0.717, 1.165) is 12.8 Å². The normalized spacial score (nSPS) is 13.5. The maximum Gasteiger partial charge on any atom is 0.160 e. The van der Waals surface area contributed by atoms with Crippen LogP contribution in [0.1, 0.15) is 101 Å². The molecule has 0 aliphatic heterocycles. The highest BCUT2D eigenvalue weighted by Gasteiger charge is 2.35. The molecule has 0 aromatic rings. The molecular weight excluding hydrogens is 436 g/mol. The van der Waals surface area contributed by atoms with Crippen LogP contribution in [0.25, 0.3) is 0 Å². The molecule has 34 heavy (non-hydrogen) atoms. The smallest absolute Gasteiger partial charge is 0.160 e. The van der Waals surface area contributed by atoms with Gasteiger partial charge in [-0.2, -0.15) is 0 Å². The van der Waals surface area contributed by atoms with Gasteiger partial charge in [-0.05, 0) is 39.0 Å². The highest BCUT2D eigenvalue weighted by atomic mass is 16.5. The highest BCUT2D eigenvalue weighted by molar-refractivity contribution is 5.81. The number of carbonyl (C=O) groups excluding carboxylic acids is 4. The van der Waals surface area contributed by atoms with Gasteiger partial charge in [0, 0.05) is 18.8 Å². The summed E-state index contributed by atoms with van der Waals surface area (Å²) in [5.41, 5.74) is 0.0394. The van der Waals surface area contributed by atoms with E-state index in [2.05, 4.69) is 0 Å². The zero-order chi connectivity index (χ0) is 27.0. The molecule has 0 atom stereocenters. The summed E-state index contributed by atoms with van der Waals surface area (Å²) in [6.45, 7) is 18.3. The van der Waals surface area contributed by atoms with Crippen LogP contribution in [0.4, 0.5) is 0 Å². The SMILES string of the molecule is CC.CC.CC(=O)CC1(CC(C)=O)CCCC1.CC(=O)COCCOCCOCC(=O)C(C)C. The first kappa shape index (κ1) is 37.1. The second-order valence-electron chi connectivity index (χ2n) is 8.51. The summed E-state index contributed by atoms with van der Waals surface area (Å²) in [6.07, 6.45) is 5.69.